The smallest absolute Gasteiger partial charge is 0.306 e. The van der Waals surface area contributed by atoms with E-state index in [-0.39, 0.29) is 12.0 Å². The molecule has 2 unspecified atom stereocenters. The number of hydrogen-bond acceptors (Lipinski definition) is 3. The second-order valence-corrected chi connectivity index (χ2v) is 5.94. The van der Waals surface area contributed by atoms with Crippen LogP contribution in [0, 0.1) is 5.92 Å². The van der Waals surface area contributed by atoms with Gasteiger partial charge in [0.05, 0.1) is 22.3 Å². The topological polar surface area (TPSA) is 58.4 Å². The van der Waals surface area contributed by atoms with Gasteiger partial charge in [-0.2, -0.15) is 5.10 Å². The molecule has 1 aromatic heterocycles. The van der Waals surface area contributed by atoms with Crippen molar-refractivity contribution in [3.05, 3.63) is 16.4 Å². The lowest BCUT2D eigenvalue weighted by molar-refractivity contribution is -0.144. The van der Waals surface area contributed by atoms with Crippen molar-refractivity contribution >= 4 is 17.6 Å². The van der Waals surface area contributed by atoms with Crippen LogP contribution in [0.3, 0.4) is 0 Å². The normalized spacial score (nSPS) is 24.0. The van der Waals surface area contributed by atoms with Crippen molar-refractivity contribution in [3.8, 4) is 0 Å². The molecule has 0 spiro atoms. The van der Waals surface area contributed by atoms with Gasteiger partial charge in [0.1, 0.15) is 0 Å². The van der Waals surface area contributed by atoms with Crippen LogP contribution in [0.4, 0.5) is 0 Å². The monoisotopic (exact) mass is 299 g/mol. The summed E-state index contributed by atoms with van der Waals surface area (Å²) in [4.78, 5) is 13.4. The predicted molar refractivity (Wildman–Crippen MR) is 77.8 cm³/mol. The zero-order valence-electron chi connectivity index (χ0n) is 12.3. The van der Waals surface area contributed by atoms with Gasteiger partial charge in [-0.05, 0) is 32.7 Å². The molecule has 0 amide bonds. The number of aliphatic carboxylic acids is 1. The summed E-state index contributed by atoms with van der Waals surface area (Å²) in [6, 6.07) is 0.251. The van der Waals surface area contributed by atoms with E-state index in [0.29, 0.717) is 12.8 Å². The summed E-state index contributed by atoms with van der Waals surface area (Å²) in [7, 11) is 1.91. The Hall–Kier alpha value is -1.07. The number of aromatic nitrogens is 2. The van der Waals surface area contributed by atoms with E-state index in [0.717, 1.165) is 35.9 Å². The second-order valence-electron chi connectivity index (χ2n) is 5.56. The Bertz CT molecular complexity index is 501. The molecule has 112 valence electrons. The zero-order chi connectivity index (χ0) is 14.9. The van der Waals surface area contributed by atoms with Crippen LogP contribution in [0.2, 0.25) is 5.02 Å². The van der Waals surface area contributed by atoms with E-state index in [9.17, 15) is 4.79 Å². The van der Waals surface area contributed by atoms with Crippen LogP contribution in [-0.4, -0.2) is 38.3 Å². The number of rotatable bonds is 4. The molecular formula is C14H22ClN3O2. The highest BCUT2D eigenvalue weighted by molar-refractivity contribution is 6.31. The Labute approximate surface area is 124 Å². The minimum Gasteiger partial charge on any atom is -0.481 e. The van der Waals surface area contributed by atoms with Crippen molar-refractivity contribution in [1.29, 1.82) is 0 Å². The molecule has 5 nitrogen and oxygen atoms in total. The molecule has 20 heavy (non-hydrogen) atoms. The van der Waals surface area contributed by atoms with Crippen LogP contribution in [0.1, 0.15) is 38.1 Å². The summed E-state index contributed by atoms with van der Waals surface area (Å²) in [5.41, 5.74) is 1.95. The summed E-state index contributed by atoms with van der Waals surface area (Å²) in [6.45, 7) is 5.65. The van der Waals surface area contributed by atoms with Crippen LogP contribution in [0.5, 0.6) is 0 Å². The molecule has 0 aliphatic carbocycles. The van der Waals surface area contributed by atoms with Crippen LogP contribution in [0.15, 0.2) is 0 Å². The third-order valence-corrected chi connectivity index (χ3v) is 4.66. The SMILES string of the molecule is CCc1nn(C)c(CN2CCC(C(=O)O)CC2C)c1Cl. The molecule has 1 aromatic rings. The lowest BCUT2D eigenvalue weighted by atomic mass is 9.91. The summed E-state index contributed by atoms with van der Waals surface area (Å²) in [5.74, 6) is -0.891. The number of hydrogen-bond donors (Lipinski definition) is 1. The lowest BCUT2D eigenvalue weighted by Crippen LogP contribution is -2.42. The van der Waals surface area contributed by atoms with Gasteiger partial charge in [0.15, 0.2) is 0 Å². The Kier molecular flexibility index (Phi) is 4.70. The summed E-state index contributed by atoms with van der Waals surface area (Å²) in [6.07, 6.45) is 2.23. The third-order valence-electron chi connectivity index (χ3n) is 4.22. The fraction of sp³-hybridized carbons (Fsp3) is 0.714. The Morgan fingerprint density at radius 3 is 2.75 bits per heavy atom. The van der Waals surface area contributed by atoms with Crippen molar-refractivity contribution in [3.63, 3.8) is 0 Å². The minimum atomic E-state index is -0.677. The lowest BCUT2D eigenvalue weighted by Gasteiger charge is -2.36. The number of carbonyl (C=O) groups is 1. The molecule has 6 heteroatoms. The Morgan fingerprint density at radius 2 is 2.25 bits per heavy atom. The van der Waals surface area contributed by atoms with Gasteiger partial charge in [-0.15, -0.1) is 0 Å². The maximum absolute atomic E-state index is 11.1. The van der Waals surface area contributed by atoms with E-state index in [1.807, 2.05) is 18.7 Å². The number of carboxylic acid groups (broad SMARTS) is 1. The molecule has 0 bridgehead atoms. The van der Waals surface area contributed by atoms with Gasteiger partial charge < -0.3 is 5.11 Å². The molecule has 1 aliphatic rings. The summed E-state index contributed by atoms with van der Waals surface area (Å²) >= 11 is 6.37. The zero-order valence-corrected chi connectivity index (χ0v) is 13.0. The van der Waals surface area contributed by atoms with Gasteiger partial charge in [0, 0.05) is 19.6 Å². The molecule has 0 saturated carbocycles. The fourth-order valence-corrected chi connectivity index (χ4v) is 3.22. The van der Waals surface area contributed by atoms with Gasteiger partial charge in [-0.3, -0.25) is 14.4 Å². The highest BCUT2D eigenvalue weighted by Gasteiger charge is 2.30. The number of halogens is 1. The molecule has 2 rings (SSSR count). The number of carboxylic acids is 1. The van der Waals surface area contributed by atoms with E-state index in [1.165, 1.54) is 0 Å². The number of nitrogens with zero attached hydrogens (tertiary/aromatic N) is 3. The maximum atomic E-state index is 11.1. The molecule has 1 fully saturated rings. The molecule has 1 aliphatic heterocycles. The average molecular weight is 300 g/mol. The van der Waals surface area contributed by atoms with Crippen molar-refractivity contribution in [1.82, 2.24) is 14.7 Å². The highest BCUT2D eigenvalue weighted by Crippen LogP contribution is 2.27. The van der Waals surface area contributed by atoms with Crippen molar-refractivity contribution in [2.45, 2.75) is 45.7 Å². The van der Waals surface area contributed by atoms with Crippen LogP contribution in [0.25, 0.3) is 0 Å². The van der Waals surface area contributed by atoms with E-state index in [4.69, 9.17) is 16.7 Å². The van der Waals surface area contributed by atoms with Crippen molar-refractivity contribution in [2.75, 3.05) is 6.54 Å². The molecule has 2 atom stereocenters. The Morgan fingerprint density at radius 1 is 1.55 bits per heavy atom. The highest BCUT2D eigenvalue weighted by atomic mass is 35.5. The summed E-state index contributed by atoms with van der Waals surface area (Å²) < 4.78 is 1.84. The largest absolute Gasteiger partial charge is 0.481 e. The van der Waals surface area contributed by atoms with Gasteiger partial charge >= 0.3 is 5.97 Å². The molecule has 1 N–H and O–H groups in total. The van der Waals surface area contributed by atoms with Crippen molar-refractivity contribution < 1.29 is 9.90 Å². The Balaban J connectivity index is 2.08. The average Bonchev–Trinajstić information content (AvgIpc) is 2.67. The van der Waals surface area contributed by atoms with Gasteiger partial charge in [-0.25, -0.2) is 0 Å². The van der Waals surface area contributed by atoms with Crippen molar-refractivity contribution in [2.24, 2.45) is 13.0 Å². The number of aryl methyl sites for hydroxylation is 2. The molecule has 0 radical (unpaired) electrons. The number of likely N-dealkylation sites (tertiary alicyclic amines) is 1. The summed E-state index contributed by atoms with van der Waals surface area (Å²) in [5, 5.41) is 14.3. The first-order valence-electron chi connectivity index (χ1n) is 7.11. The standard InChI is InChI=1S/C14H22ClN3O2/c1-4-11-13(15)12(17(3)16-11)8-18-6-5-10(14(19)20)7-9(18)2/h9-10H,4-8H2,1-3H3,(H,19,20). The van der Waals surface area contributed by atoms with Gasteiger partial charge in [-0.1, -0.05) is 18.5 Å². The molecule has 1 saturated heterocycles. The first-order chi connectivity index (χ1) is 9.43. The van der Waals surface area contributed by atoms with Gasteiger partial charge in [0.25, 0.3) is 0 Å². The van der Waals surface area contributed by atoms with E-state index >= 15 is 0 Å². The second kappa shape index (κ2) is 6.14. The van der Waals surface area contributed by atoms with Crippen LogP contribution in [-0.2, 0) is 24.8 Å². The van der Waals surface area contributed by atoms with Crippen LogP contribution < -0.4 is 0 Å². The predicted octanol–water partition coefficient (Wildman–Crippen LogP) is 2.32. The number of piperidine rings is 1. The third kappa shape index (κ3) is 2.99. The first kappa shape index (κ1) is 15.3. The molecule has 2 heterocycles. The first-order valence-corrected chi connectivity index (χ1v) is 7.48. The molecular weight excluding hydrogens is 278 g/mol. The minimum absolute atomic E-state index is 0.213. The van der Waals surface area contributed by atoms with E-state index in [2.05, 4.69) is 16.9 Å². The molecule has 0 aromatic carbocycles. The van der Waals surface area contributed by atoms with Gasteiger partial charge in [0.2, 0.25) is 0 Å². The fourth-order valence-electron chi connectivity index (χ4n) is 2.86. The van der Waals surface area contributed by atoms with E-state index < -0.39 is 5.97 Å². The quantitative estimate of drug-likeness (QED) is 0.927. The van der Waals surface area contributed by atoms with E-state index in [1.54, 1.807) is 0 Å². The maximum Gasteiger partial charge on any atom is 0.306 e. The van der Waals surface area contributed by atoms with Crippen LogP contribution >= 0.6 is 11.6 Å².